The van der Waals surface area contributed by atoms with Crippen LogP contribution in [-0.2, 0) is 0 Å². The van der Waals surface area contributed by atoms with E-state index in [-0.39, 0.29) is 5.56 Å². The molecule has 1 atom stereocenters. The summed E-state index contributed by atoms with van der Waals surface area (Å²) < 4.78 is 24.7. The number of methoxy groups -OCH3 is 2. The molecule has 0 aliphatic rings. The molecule has 0 saturated heterocycles. The van der Waals surface area contributed by atoms with Crippen LogP contribution < -0.4 is 9.47 Å². The molecule has 0 aliphatic carbocycles. The Bertz CT molecular complexity index is 563. The molecular formula is C15H14BrFO3. The van der Waals surface area contributed by atoms with E-state index >= 15 is 0 Å². The molecular weight excluding hydrogens is 327 g/mol. The first-order valence-corrected chi connectivity index (χ1v) is 6.71. The van der Waals surface area contributed by atoms with E-state index in [2.05, 4.69) is 15.9 Å². The number of aliphatic hydroxyl groups excluding tert-OH is 1. The van der Waals surface area contributed by atoms with E-state index in [1.807, 2.05) is 0 Å². The molecule has 5 heteroatoms. The van der Waals surface area contributed by atoms with E-state index in [1.54, 1.807) is 31.4 Å². The van der Waals surface area contributed by atoms with Crippen LogP contribution in [0.25, 0.3) is 0 Å². The Morgan fingerprint density at radius 2 is 1.55 bits per heavy atom. The van der Waals surface area contributed by atoms with Crippen molar-refractivity contribution < 1.29 is 19.0 Å². The molecule has 0 heterocycles. The molecule has 2 rings (SSSR count). The third kappa shape index (κ3) is 2.94. The Labute approximate surface area is 125 Å². The van der Waals surface area contributed by atoms with Crippen LogP contribution in [0.3, 0.4) is 0 Å². The largest absolute Gasteiger partial charge is 0.497 e. The van der Waals surface area contributed by atoms with Crippen molar-refractivity contribution in [2.45, 2.75) is 6.10 Å². The van der Waals surface area contributed by atoms with Gasteiger partial charge in [0.2, 0.25) is 0 Å². The zero-order chi connectivity index (χ0) is 14.7. The lowest BCUT2D eigenvalue weighted by Crippen LogP contribution is -2.04. The molecule has 1 unspecified atom stereocenters. The Morgan fingerprint density at radius 3 is 2.05 bits per heavy atom. The minimum atomic E-state index is -1.07. The molecule has 2 aromatic carbocycles. The van der Waals surface area contributed by atoms with Gasteiger partial charge in [0.15, 0.2) is 0 Å². The molecule has 0 amide bonds. The number of hydrogen-bond acceptors (Lipinski definition) is 3. The summed E-state index contributed by atoms with van der Waals surface area (Å²) >= 11 is 3.35. The third-order valence-corrected chi connectivity index (χ3v) is 3.69. The standard InChI is InChI=1S/C15H14BrFO3/c1-19-9-3-5-11(13(16)7-9)15(18)12-6-4-10(20-2)8-14(12)17/h3-8,15,18H,1-2H3. The number of aliphatic hydroxyl groups is 1. The first-order chi connectivity index (χ1) is 9.56. The van der Waals surface area contributed by atoms with E-state index in [0.717, 1.165) is 0 Å². The van der Waals surface area contributed by atoms with Crippen molar-refractivity contribution in [3.8, 4) is 11.5 Å². The molecule has 0 spiro atoms. The highest BCUT2D eigenvalue weighted by Gasteiger charge is 2.18. The minimum absolute atomic E-state index is 0.191. The van der Waals surface area contributed by atoms with E-state index in [1.165, 1.54) is 19.2 Å². The molecule has 2 aromatic rings. The minimum Gasteiger partial charge on any atom is -0.497 e. The molecule has 0 fully saturated rings. The maximum absolute atomic E-state index is 14.0. The van der Waals surface area contributed by atoms with Gasteiger partial charge in [0.05, 0.1) is 14.2 Å². The summed E-state index contributed by atoms with van der Waals surface area (Å²) in [5.41, 5.74) is 0.756. The monoisotopic (exact) mass is 340 g/mol. The maximum Gasteiger partial charge on any atom is 0.133 e. The molecule has 3 nitrogen and oxygen atoms in total. The lowest BCUT2D eigenvalue weighted by Gasteiger charge is -2.15. The van der Waals surface area contributed by atoms with Crippen molar-refractivity contribution in [2.75, 3.05) is 14.2 Å². The smallest absolute Gasteiger partial charge is 0.133 e. The number of benzene rings is 2. The van der Waals surface area contributed by atoms with Crippen molar-refractivity contribution in [2.24, 2.45) is 0 Å². The van der Waals surface area contributed by atoms with Crippen molar-refractivity contribution in [1.29, 1.82) is 0 Å². The molecule has 106 valence electrons. The summed E-state index contributed by atoms with van der Waals surface area (Å²) in [5, 5.41) is 10.3. The Balaban J connectivity index is 2.38. The van der Waals surface area contributed by atoms with Gasteiger partial charge in [-0.2, -0.15) is 0 Å². The van der Waals surface area contributed by atoms with E-state index < -0.39 is 11.9 Å². The Morgan fingerprint density at radius 1 is 1.00 bits per heavy atom. The van der Waals surface area contributed by atoms with Crippen LogP contribution in [0.2, 0.25) is 0 Å². The van der Waals surface area contributed by atoms with E-state index in [0.29, 0.717) is 21.5 Å². The SMILES string of the molecule is COc1ccc(C(O)c2ccc(OC)cc2Br)c(F)c1. The van der Waals surface area contributed by atoms with Gasteiger partial charge >= 0.3 is 0 Å². The molecule has 1 N–H and O–H groups in total. The average Bonchev–Trinajstić information content (AvgIpc) is 2.46. The zero-order valence-corrected chi connectivity index (χ0v) is 12.6. The average molecular weight is 341 g/mol. The highest BCUT2D eigenvalue weighted by Crippen LogP contribution is 2.33. The van der Waals surface area contributed by atoms with Crippen LogP contribution in [0.5, 0.6) is 11.5 Å². The van der Waals surface area contributed by atoms with Gasteiger partial charge in [0.25, 0.3) is 0 Å². The molecule has 0 aliphatic heterocycles. The molecule has 0 saturated carbocycles. The van der Waals surface area contributed by atoms with Gasteiger partial charge in [-0.25, -0.2) is 4.39 Å². The summed E-state index contributed by atoms with van der Waals surface area (Å²) in [6.07, 6.45) is -1.07. The highest BCUT2D eigenvalue weighted by molar-refractivity contribution is 9.10. The van der Waals surface area contributed by atoms with Crippen molar-refractivity contribution in [3.05, 3.63) is 57.8 Å². The van der Waals surface area contributed by atoms with Crippen LogP contribution >= 0.6 is 15.9 Å². The predicted octanol–water partition coefficient (Wildman–Crippen LogP) is 3.69. The fourth-order valence-corrected chi connectivity index (χ4v) is 2.46. The number of rotatable bonds is 4. The summed E-state index contributed by atoms with van der Waals surface area (Å²) in [5.74, 6) is 0.551. The molecule has 0 radical (unpaired) electrons. The summed E-state index contributed by atoms with van der Waals surface area (Å²) in [7, 11) is 3.02. The molecule has 0 aromatic heterocycles. The topological polar surface area (TPSA) is 38.7 Å². The van der Waals surface area contributed by atoms with Crippen LogP contribution in [-0.4, -0.2) is 19.3 Å². The van der Waals surface area contributed by atoms with Gasteiger partial charge in [-0.05, 0) is 29.8 Å². The van der Waals surface area contributed by atoms with Gasteiger partial charge in [-0.3, -0.25) is 0 Å². The van der Waals surface area contributed by atoms with Crippen molar-refractivity contribution in [1.82, 2.24) is 0 Å². The number of halogens is 2. The fourth-order valence-electron chi connectivity index (χ4n) is 1.88. The third-order valence-electron chi connectivity index (χ3n) is 3.00. The first-order valence-electron chi connectivity index (χ1n) is 5.91. The van der Waals surface area contributed by atoms with Crippen LogP contribution in [0.1, 0.15) is 17.2 Å². The lowest BCUT2D eigenvalue weighted by atomic mass is 10.0. The van der Waals surface area contributed by atoms with Crippen LogP contribution in [0.15, 0.2) is 40.9 Å². The van der Waals surface area contributed by atoms with Gasteiger partial charge < -0.3 is 14.6 Å². The molecule has 0 bridgehead atoms. The summed E-state index contributed by atoms with van der Waals surface area (Å²) in [4.78, 5) is 0. The van der Waals surface area contributed by atoms with E-state index in [4.69, 9.17) is 9.47 Å². The number of ether oxygens (including phenoxy) is 2. The second kappa shape index (κ2) is 6.24. The maximum atomic E-state index is 14.0. The number of hydrogen-bond donors (Lipinski definition) is 1. The Kier molecular flexibility index (Phi) is 4.62. The van der Waals surface area contributed by atoms with Gasteiger partial charge in [0.1, 0.15) is 23.4 Å². The predicted molar refractivity (Wildman–Crippen MR) is 77.7 cm³/mol. The normalized spacial score (nSPS) is 12.1. The second-order valence-corrected chi connectivity index (χ2v) is 5.03. The quantitative estimate of drug-likeness (QED) is 0.922. The van der Waals surface area contributed by atoms with Gasteiger partial charge in [-0.1, -0.05) is 22.0 Å². The molecule has 20 heavy (non-hydrogen) atoms. The summed E-state index contributed by atoms with van der Waals surface area (Å²) in [6, 6.07) is 9.49. The zero-order valence-electron chi connectivity index (χ0n) is 11.1. The van der Waals surface area contributed by atoms with Crippen molar-refractivity contribution in [3.63, 3.8) is 0 Å². The van der Waals surface area contributed by atoms with Crippen LogP contribution in [0.4, 0.5) is 4.39 Å². The van der Waals surface area contributed by atoms with Crippen molar-refractivity contribution >= 4 is 15.9 Å². The summed E-state index contributed by atoms with van der Waals surface area (Å²) in [6.45, 7) is 0. The Hall–Kier alpha value is -1.59. The van der Waals surface area contributed by atoms with E-state index in [9.17, 15) is 9.50 Å². The fraction of sp³-hybridized carbons (Fsp3) is 0.200. The van der Waals surface area contributed by atoms with Gasteiger partial charge in [0, 0.05) is 16.1 Å². The second-order valence-electron chi connectivity index (χ2n) is 4.18. The first kappa shape index (κ1) is 14.8. The van der Waals surface area contributed by atoms with Gasteiger partial charge in [-0.15, -0.1) is 0 Å². The highest BCUT2D eigenvalue weighted by atomic mass is 79.9. The van der Waals surface area contributed by atoms with Crippen LogP contribution in [0, 0.1) is 5.82 Å². The lowest BCUT2D eigenvalue weighted by molar-refractivity contribution is 0.214.